The molecular weight excluding hydrogens is 210 g/mol. The molecule has 7 heteroatoms. The van der Waals surface area contributed by atoms with Crippen molar-refractivity contribution in [2.45, 2.75) is 20.4 Å². The van der Waals surface area contributed by atoms with Gasteiger partial charge in [-0.2, -0.15) is 4.98 Å². The molecule has 0 fully saturated rings. The number of hydrogen-bond acceptors (Lipinski definition) is 4. The number of nitrogens with one attached hydrogen (secondary N) is 2. The van der Waals surface area contributed by atoms with Gasteiger partial charge in [0.05, 0.1) is 0 Å². The summed E-state index contributed by atoms with van der Waals surface area (Å²) in [5.74, 6) is 0.254. The molecular formula is C9H13N5O2. The Morgan fingerprint density at radius 3 is 2.69 bits per heavy atom. The van der Waals surface area contributed by atoms with E-state index < -0.39 is 5.56 Å². The Labute approximate surface area is 90.3 Å². The predicted octanol–water partition coefficient (Wildman–Crippen LogP) is -0.349. The van der Waals surface area contributed by atoms with Crippen LogP contribution in [0.25, 0.3) is 11.2 Å². The van der Waals surface area contributed by atoms with Gasteiger partial charge in [0.2, 0.25) is 5.95 Å². The summed E-state index contributed by atoms with van der Waals surface area (Å²) in [5, 5.41) is 0. The van der Waals surface area contributed by atoms with E-state index in [9.17, 15) is 9.59 Å². The number of aromatic amines is 2. The van der Waals surface area contributed by atoms with Crippen molar-refractivity contribution in [3.63, 3.8) is 0 Å². The van der Waals surface area contributed by atoms with Crippen LogP contribution in [-0.4, -0.2) is 19.5 Å². The van der Waals surface area contributed by atoms with Gasteiger partial charge in [-0.25, -0.2) is 4.79 Å². The van der Waals surface area contributed by atoms with Crippen LogP contribution in [0.15, 0.2) is 9.59 Å². The molecule has 0 radical (unpaired) electrons. The lowest BCUT2D eigenvalue weighted by Crippen LogP contribution is -2.22. The highest BCUT2D eigenvalue weighted by Gasteiger charge is 2.13. The van der Waals surface area contributed by atoms with E-state index in [1.165, 1.54) is 4.57 Å². The second-order valence-electron chi connectivity index (χ2n) is 4.08. The molecule has 0 unspecified atom stereocenters. The largest absolute Gasteiger partial charge is 0.369 e. The van der Waals surface area contributed by atoms with Crippen molar-refractivity contribution in [2.24, 2.45) is 5.92 Å². The number of hydrogen-bond donors (Lipinski definition) is 3. The molecule has 16 heavy (non-hydrogen) atoms. The Bertz CT molecular complexity index is 633. The van der Waals surface area contributed by atoms with E-state index >= 15 is 0 Å². The molecule has 0 aromatic carbocycles. The van der Waals surface area contributed by atoms with Gasteiger partial charge in [0.25, 0.3) is 5.56 Å². The molecule has 0 aliphatic carbocycles. The second-order valence-corrected chi connectivity index (χ2v) is 4.08. The van der Waals surface area contributed by atoms with Gasteiger partial charge in [0.15, 0.2) is 11.2 Å². The molecule has 2 aromatic heterocycles. The molecule has 4 N–H and O–H groups in total. The molecule has 0 saturated heterocycles. The summed E-state index contributed by atoms with van der Waals surface area (Å²) in [7, 11) is 0. The molecule has 0 amide bonds. The number of nitrogens with two attached hydrogens (primary N) is 1. The molecule has 2 heterocycles. The van der Waals surface area contributed by atoms with Gasteiger partial charge in [-0.1, -0.05) is 13.8 Å². The standard InChI is InChI=1S/C9H13N5O2/c1-4(2)3-14-5-6(12-9(14)16)11-8(10)13-7(5)15/h4H,3H2,1-2H3,(H4,10,11,12,13,15,16). The number of H-pyrrole nitrogens is 2. The van der Waals surface area contributed by atoms with E-state index in [1.807, 2.05) is 13.8 Å². The molecule has 7 nitrogen and oxygen atoms in total. The van der Waals surface area contributed by atoms with Crippen molar-refractivity contribution >= 4 is 17.1 Å². The first-order valence-corrected chi connectivity index (χ1v) is 4.97. The highest BCUT2D eigenvalue weighted by molar-refractivity contribution is 5.70. The fourth-order valence-electron chi connectivity index (χ4n) is 1.63. The fourth-order valence-corrected chi connectivity index (χ4v) is 1.63. The Balaban J connectivity index is 2.79. The van der Waals surface area contributed by atoms with E-state index in [0.717, 1.165) is 0 Å². The number of imidazole rings is 1. The highest BCUT2D eigenvalue weighted by Crippen LogP contribution is 2.05. The average molecular weight is 223 g/mol. The van der Waals surface area contributed by atoms with Crippen LogP contribution in [0.4, 0.5) is 5.95 Å². The third-order valence-corrected chi connectivity index (χ3v) is 2.20. The molecule has 0 atom stereocenters. The molecule has 0 saturated carbocycles. The lowest BCUT2D eigenvalue weighted by atomic mass is 10.2. The molecule has 0 bridgehead atoms. The molecule has 2 aromatic rings. The van der Waals surface area contributed by atoms with Crippen LogP contribution in [0.2, 0.25) is 0 Å². The van der Waals surface area contributed by atoms with Crippen LogP contribution < -0.4 is 17.0 Å². The summed E-state index contributed by atoms with van der Waals surface area (Å²) in [6.45, 7) is 4.39. The van der Waals surface area contributed by atoms with Crippen LogP contribution in [0.5, 0.6) is 0 Å². The van der Waals surface area contributed by atoms with Gasteiger partial charge in [-0.3, -0.25) is 19.3 Å². The van der Waals surface area contributed by atoms with Gasteiger partial charge < -0.3 is 5.73 Å². The Morgan fingerprint density at radius 1 is 1.38 bits per heavy atom. The first kappa shape index (κ1) is 10.5. The van der Waals surface area contributed by atoms with Crippen molar-refractivity contribution in [3.8, 4) is 0 Å². The summed E-state index contributed by atoms with van der Waals surface area (Å²) in [4.78, 5) is 32.0. The van der Waals surface area contributed by atoms with Crippen LogP contribution in [0, 0.1) is 5.92 Å². The predicted molar refractivity (Wildman–Crippen MR) is 60.2 cm³/mol. The number of rotatable bonds is 2. The second kappa shape index (κ2) is 3.51. The minimum atomic E-state index is -0.401. The van der Waals surface area contributed by atoms with Gasteiger partial charge in [0.1, 0.15) is 0 Å². The maximum Gasteiger partial charge on any atom is 0.327 e. The van der Waals surface area contributed by atoms with Gasteiger partial charge >= 0.3 is 5.69 Å². The normalized spacial score (nSPS) is 11.4. The Morgan fingerprint density at radius 2 is 2.06 bits per heavy atom. The molecule has 86 valence electrons. The summed E-state index contributed by atoms with van der Waals surface area (Å²) in [6.07, 6.45) is 0. The number of nitrogens with zero attached hydrogens (tertiary/aromatic N) is 2. The highest BCUT2D eigenvalue weighted by atomic mass is 16.2. The van der Waals surface area contributed by atoms with Crippen molar-refractivity contribution in [1.82, 2.24) is 19.5 Å². The third-order valence-electron chi connectivity index (χ3n) is 2.20. The van der Waals surface area contributed by atoms with Crippen molar-refractivity contribution in [2.75, 3.05) is 5.73 Å². The number of aromatic nitrogens is 4. The molecule has 0 aliphatic heterocycles. The van der Waals surface area contributed by atoms with Crippen LogP contribution in [0.1, 0.15) is 13.8 Å². The summed E-state index contributed by atoms with van der Waals surface area (Å²) in [6, 6.07) is 0. The Kier molecular flexibility index (Phi) is 2.30. The first-order chi connectivity index (χ1) is 7.49. The lowest BCUT2D eigenvalue weighted by molar-refractivity contribution is 0.521. The van der Waals surface area contributed by atoms with Gasteiger partial charge in [-0.05, 0) is 5.92 Å². The van der Waals surface area contributed by atoms with Crippen LogP contribution in [-0.2, 0) is 6.54 Å². The minimum absolute atomic E-state index is 0.00422. The monoisotopic (exact) mass is 223 g/mol. The van der Waals surface area contributed by atoms with E-state index in [-0.39, 0.29) is 28.7 Å². The smallest absolute Gasteiger partial charge is 0.327 e. The molecule has 0 aliphatic rings. The van der Waals surface area contributed by atoms with E-state index in [0.29, 0.717) is 6.54 Å². The SMILES string of the molecule is CC(C)Cn1c(=O)[nH]c2nc(N)[nH]c(=O)c21. The molecule has 0 spiro atoms. The maximum atomic E-state index is 11.7. The van der Waals surface area contributed by atoms with E-state index in [4.69, 9.17) is 5.73 Å². The minimum Gasteiger partial charge on any atom is -0.369 e. The van der Waals surface area contributed by atoms with E-state index in [1.54, 1.807) is 0 Å². The zero-order valence-corrected chi connectivity index (χ0v) is 9.07. The lowest BCUT2D eigenvalue weighted by Gasteiger charge is -2.04. The number of anilines is 1. The number of nitrogen functional groups attached to an aromatic ring is 1. The van der Waals surface area contributed by atoms with Crippen molar-refractivity contribution < 1.29 is 0 Å². The van der Waals surface area contributed by atoms with E-state index in [2.05, 4.69) is 15.0 Å². The fraction of sp³-hybridized carbons (Fsp3) is 0.444. The average Bonchev–Trinajstić information content (AvgIpc) is 2.41. The van der Waals surface area contributed by atoms with Gasteiger partial charge in [-0.15, -0.1) is 0 Å². The van der Waals surface area contributed by atoms with Crippen LogP contribution in [0.3, 0.4) is 0 Å². The third kappa shape index (κ3) is 1.60. The molecule has 2 rings (SSSR count). The Hall–Kier alpha value is -2.05. The zero-order valence-electron chi connectivity index (χ0n) is 9.07. The quantitative estimate of drug-likeness (QED) is 0.646. The van der Waals surface area contributed by atoms with Crippen molar-refractivity contribution in [1.29, 1.82) is 0 Å². The maximum absolute atomic E-state index is 11.7. The summed E-state index contributed by atoms with van der Waals surface area (Å²) in [5.41, 5.74) is 5.12. The summed E-state index contributed by atoms with van der Waals surface area (Å²) < 4.78 is 1.38. The first-order valence-electron chi connectivity index (χ1n) is 4.97. The zero-order chi connectivity index (χ0) is 11.9. The van der Waals surface area contributed by atoms with Crippen molar-refractivity contribution in [3.05, 3.63) is 20.8 Å². The topological polar surface area (TPSA) is 110 Å². The number of fused-ring (bicyclic) bond motifs is 1. The van der Waals surface area contributed by atoms with Crippen LogP contribution >= 0.6 is 0 Å². The summed E-state index contributed by atoms with van der Waals surface area (Å²) >= 11 is 0. The van der Waals surface area contributed by atoms with Gasteiger partial charge in [0, 0.05) is 6.54 Å².